The molecule has 1 aliphatic rings. The van der Waals surface area contributed by atoms with Gasteiger partial charge in [-0.3, -0.25) is 4.98 Å². The standard InChI is InChI=1S/C15H14F3NOS/c16-15(17,18)12-4-6-19-8-11(12)14(20)10-2-1-3-13-9(10)5-7-21-13/h4-8,10,14,20H,1-3H2. The van der Waals surface area contributed by atoms with Crippen LogP contribution in [0.15, 0.2) is 29.9 Å². The summed E-state index contributed by atoms with van der Waals surface area (Å²) < 4.78 is 39.2. The van der Waals surface area contributed by atoms with Crippen LogP contribution in [0.5, 0.6) is 0 Å². The summed E-state index contributed by atoms with van der Waals surface area (Å²) >= 11 is 1.60. The summed E-state index contributed by atoms with van der Waals surface area (Å²) in [7, 11) is 0. The van der Waals surface area contributed by atoms with Crippen molar-refractivity contribution in [3.05, 3.63) is 51.5 Å². The lowest BCUT2D eigenvalue weighted by Crippen LogP contribution is -2.19. The zero-order valence-corrected chi connectivity index (χ0v) is 11.9. The molecule has 0 saturated heterocycles. The van der Waals surface area contributed by atoms with Crippen molar-refractivity contribution in [3.8, 4) is 0 Å². The van der Waals surface area contributed by atoms with Crippen LogP contribution < -0.4 is 0 Å². The third-order valence-electron chi connectivity index (χ3n) is 3.96. The Kier molecular flexibility index (Phi) is 3.75. The maximum Gasteiger partial charge on any atom is 0.416 e. The van der Waals surface area contributed by atoms with Gasteiger partial charge >= 0.3 is 6.18 Å². The molecule has 2 aromatic heterocycles. The van der Waals surface area contributed by atoms with Gasteiger partial charge in [0.1, 0.15) is 0 Å². The van der Waals surface area contributed by atoms with E-state index < -0.39 is 17.8 Å². The summed E-state index contributed by atoms with van der Waals surface area (Å²) in [6.07, 6.45) is -0.900. The predicted molar refractivity (Wildman–Crippen MR) is 74.2 cm³/mol. The molecule has 6 heteroatoms. The van der Waals surface area contributed by atoms with Crippen LogP contribution in [0.25, 0.3) is 0 Å². The Hall–Kier alpha value is -1.40. The Morgan fingerprint density at radius 1 is 1.33 bits per heavy atom. The summed E-state index contributed by atoms with van der Waals surface area (Å²) in [6, 6.07) is 2.84. The zero-order chi connectivity index (χ0) is 15.0. The molecule has 2 aromatic rings. The van der Waals surface area contributed by atoms with E-state index in [0.29, 0.717) is 6.42 Å². The lowest BCUT2D eigenvalue weighted by molar-refractivity contribution is -0.139. The number of hydrogen-bond donors (Lipinski definition) is 1. The van der Waals surface area contributed by atoms with Crippen molar-refractivity contribution in [1.82, 2.24) is 4.98 Å². The van der Waals surface area contributed by atoms with Gasteiger partial charge in [-0.05, 0) is 42.3 Å². The van der Waals surface area contributed by atoms with Crippen LogP contribution in [0, 0.1) is 0 Å². The molecule has 2 unspecified atom stereocenters. The number of thiophene rings is 1. The number of aliphatic hydroxyl groups excluding tert-OH is 1. The molecule has 2 heterocycles. The first-order chi connectivity index (χ1) is 9.98. The summed E-state index contributed by atoms with van der Waals surface area (Å²) in [6.45, 7) is 0. The molecule has 0 amide bonds. The van der Waals surface area contributed by atoms with Crippen molar-refractivity contribution in [3.63, 3.8) is 0 Å². The van der Waals surface area contributed by atoms with Crippen LogP contribution in [0.2, 0.25) is 0 Å². The van der Waals surface area contributed by atoms with Crippen molar-refractivity contribution in [2.45, 2.75) is 37.5 Å². The maximum atomic E-state index is 13.1. The first kappa shape index (κ1) is 14.5. The topological polar surface area (TPSA) is 33.1 Å². The van der Waals surface area contributed by atoms with Gasteiger partial charge in [-0.25, -0.2) is 0 Å². The summed E-state index contributed by atoms with van der Waals surface area (Å²) in [5, 5.41) is 12.5. The lowest BCUT2D eigenvalue weighted by Gasteiger charge is -2.28. The average molecular weight is 313 g/mol. The number of halogens is 3. The van der Waals surface area contributed by atoms with E-state index in [1.807, 2.05) is 11.4 Å². The molecule has 3 rings (SSSR count). The van der Waals surface area contributed by atoms with Gasteiger partial charge in [0.05, 0.1) is 11.7 Å². The molecule has 2 nitrogen and oxygen atoms in total. The second-order valence-corrected chi connectivity index (χ2v) is 6.20. The molecule has 21 heavy (non-hydrogen) atoms. The molecule has 112 valence electrons. The van der Waals surface area contributed by atoms with E-state index in [9.17, 15) is 18.3 Å². The highest BCUT2D eigenvalue weighted by Crippen LogP contribution is 2.44. The molecule has 0 radical (unpaired) electrons. The summed E-state index contributed by atoms with van der Waals surface area (Å²) in [4.78, 5) is 4.93. The van der Waals surface area contributed by atoms with Crippen molar-refractivity contribution < 1.29 is 18.3 Å². The molecule has 1 N–H and O–H groups in total. The highest BCUT2D eigenvalue weighted by atomic mass is 32.1. The van der Waals surface area contributed by atoms with Crippen LogP contribution in [-0.4, -0.2) is 10.1 Å². The van der Waals surface area contributed by atoms with Crippen molar-refractivity contribution in [2.24, 2.45) is 0 Å². The van der Waals surface area contributed by atoms with Crippen LogP contribution in [0.1, 0.15) is 46.4 Å². The lowest BCUT2D eigenvalue weighted by atomic mass is 9.81. The number of rotatable bonds is 2. The molecular weight excluding hydrogens is 299 g/mol. The number of hydrogen-bond acceptors (Lipinski definition) is 3. The highest BCUT2D eigenvalue weighted by molar-refractivity contribution is 7.10. The minimum atomic E-state index is -4.48. The first-order valence-corrected chi connectivity index (χ1v) is 7.62. The van der Waals surface area contributed by atoms with Gasteiger partial charge in [0.25, 0.3) is 0 Å². The normalized spacial score (nSPS) is 20.1. The second-order valence-electron chi connectivity index (χ2n) is 5.20. The van der Waals surface area contributed by atoms with Crippen LogP contribution >= 0.6 is 11.3 Å². The number of nitrogens with zero attached hydrogens (tertiary/aromatic N) is 1. The van der Waals surface area contributed by atoms with Gasteiger partial charge < -0.3 is 5.11 Å². The average Bonchev–Trinajstić information content (AvgIpc) is 2.94. The number of aromatic nitrogens is 1. The van der Waals surface area contributed by atoms with Crippen molar-refractivity contribution in [1.29, 1.82) is 0 Å². The Labute approximate surface area is 124 Å². The van der Waals surface area contributed by atoms with Gasteiger partial charge in [0, 0.05) is 28.8 Å². The van der Waals surface area contributed by atoms with E-state index in [1.54, 1.807) is 11.3 Å². The van der Waals surface area contributed by atoms with Crippen LogP contribution in [-0.2, 0) is 12.6 Å². The molecule has 2 atom stereocenters. The van der Waals surface area contributed by atoms with E-state index in [2.05, 4.69) is 4.98 Å². The van der Waals surface area contributed by atoms with E-state index >= 15 is 0 Å². The molecule has 1 aliphatic carbocycles. The number of aryl methyl sites for hydroxylation is 1. The van der Waals surface area contributed by atoms with Gasteiger partial charge in [0.15, 0.2) is 0 Å². The van der Waals surface area contributed by atoms with Gasteiger partial charge in [-0.1, -0.05) is 0 Å². The monoisotopic (exact) mass is 313 g/mol. The number of fused-ring (bicyclic) bond motifs is 1. The van der Waals surface area contributed by atoms with Crippen molar-refractivity contribution >= 4 is 11.3 Å². The van der Waals surface area contributed by atoms with E-state index in [-0.39, 0.29) is 11.5 Å². The SMILES string of the molecule is OC(c1cnccc1C(F)(F)F)C1CCCc2sccc21. The highest BCUT2D eigenvalue weighted by Gasteiger charge is 2.38. The van der Waals surface area contributed by atoms with Gasteiger partial charge in [-0.15, -0.1) is 11.3 Å². The Morgan fingerprint density at radius 3 is 2.90 bits per heavy atom. The number of alkyl halides is 3. The molecule has 0 aliphatic heterocycles. The first-order valence-electron chi connectivity index (χ1n) is 6.74. The molecule has 0 bridgehead atoms. The number of pyridine rings is 1. The molecule has 0 aromatic carbocycles. The minimum Gasteiger partial charge on any atom is -0.388 e. The predicted octanol–water partition coefficient (Wildman–Crippen LogP) is 4.32. The van der Waals surface area contributed by atoms with Gasteiger partial charge in [-0.2, -0.15) is 13.2 Å². The van der Waals surface area contributed by atoms with E-state index in [0.717, 1.165) is 36.9 Å². The fraction of sp³-hybridized carbons (Fsp3) is 0.400. The fourth-order valence-corrected chi connectivity index (χ4v) is 3.96. The Balaban J connectivity index is 2.00. The maximum absolute atomic E-state index is 13.1. The molecule has 0 saturated carbocycles. The number of aliphatic hydroxyl groups is 1. The smallest absolute Gasteiger partial charge is 0.388 e. The third kappa shape index (κ3) is 2.70. The Morgan fingerprint density at radius 2 is 2.14 bits per heavy atom. The van der Waals surface area contributed by atoms with Gasteiger partial charge in [0.2, 0.25) is 0 Å². The summed E-state index contributed by atoms with van der Waals surface area (Å²) in [5.74, 6) is -0.287. The molecule has 0 fully saturated rings. The largest absolute Gasteiger partial charge is 0.416 e. The zero-order valence-electron chi connectivity index (χ0n) is 11.1. The van der Waals surface area contributed by atoms with Crippen LogP contribution in [0.3, 0.4) is 0 Å². The van der Waals surface area contributed by atoms with Crippen molar-refractivity contribution in [2.75, 3.05) is 0 Å². The minimum absolute atomic E-state index is 0.131. The fourth-order valence-electron chi connectivity index (χ4n) is 2.97. The second kappa shape index (κ2) is 5.42. The van der Waals surface area contributed by atoms with E-state index in [1.165, 1.54) is 4.88 Å². The van der Waals surface area contributed by atoms with E-state index in [4.69, 9.17) is 0 Å². The molecular formula is C15H14F3NOS. The Bertz CT molecular complexity index is 638. The molecule has 0 spiro atoms. The quantitative estimate of drug-likeness (QED) is 0.896. The third-order valence-corrected chi connectivity index (χ3v) is 4.95. The summed E-state index contributed by atoms with van der Waals surface area (Å²) in [5.41, 5.74) is 0.0529. The van der Waals surface area contributed by atoms with Crippen LogP contribution in [0.4, 0.5) is 13.2 Å².